The molecule has 2 aromatic carbocycles. The zero-order chi connectivity index (χ0) is 11.5. The second-order valence-corrected chi connectivity index (χ2v) is 4.36. The van der Waals surface area contributed by atoms with Crippen LogP contribution in [0.4, 0.5) is 0 Å². The monoisotopic (exact) mass is 252 g/mol. The summed E-state index contributed by atoms with van der Waals surface area (Å²) in [5.74, 6) is 0.174. The summed E-state index contributed by atoms with van der Waals surface area (Å²) in [5.41, 5.74) is 1.98. The van der Waals surface area contributed by atoms with Gasteiger partial charge >= 0.3 is 0 Å². The van der Waals surface area contributed by atoms with E-state index >= 15 is 0 Å². The van der Waals surface area contributed by atoms with Gasteiger partial charge in [-0.3, -0.25) is 0 Å². The van der Waals surface area contributed by atoms with Gasteiger partial charge in [0, 0.05) is 16.5 Å². The van der Waals surface area contributed by atoms with Crippen LogP contribution in [-0.2, 0) is 6.42 Å². The Hall–Kier alpha value is -1.18. The lowest BCUT2D eigenvalue weighted by Gasteiger charge is -2.06. The number of phenols is 1. The molecule has 0 aliphatic rings. The van der Waals surface area contributed by atoms with Crippen LogP contribution in [0.5, 0.6) is 5.75 Å². The van der Waals surface area contributed by atoms with Crippen LogP contribution in [0.15, 0.2) is 42.5 Å². The van der Waals surface area contributed by atoms with E-state index in [9.17, 15) is 5.11 Å². The number of hydrogen-bond acceptors (Lipinski definition) is 1. The van der Waals surface area contributed by atoms with Crippen LogP contribution in [-0.4, -0.2) is 5.11 Å². The van der Waals surface area contributed by atoms with Crippen LogP contribution in [0.1, 0.15) is 11.1 Å². The van der Waals surface area contributed by atoms with Gasteiger partial charge in [-0.2, -0.15) is 0 Å². The molecule has 0 bridgehead atoms. The quantitative estimate of drug-likeness (QED) is 0.846. The predicted octanol–water partition coefficient (Wildman–Crippen LogP) is 4.29. The Kier molecular flexibility index (Phi) is 3.37. The van der Waals surface area contributed by atoms with Gasteiger partial charge in [0.15, 0.2) is 0 Å². The van der Waals surface area contributed by atoms with Crippen LogP contribution in [0.2, 0.25) is 10.0 Å². The van der Waals surface area contributed by atoms with E-state index in [1.54, 1.807) is 12.1 Å². The minimum Gasteiger partial charge on any atom is -0.508 e. The normalized spacial score (nSPS) is 10.4. The van der Waals surface area contributed by atoms with Crippen LogP contribution < -0.4 is 0 Å². The molecule has 1 nitrogen and oxygen atoms in total. The molecule has 0 atom stereocenters. The van der Waals surface area contributed by atoms with Gasteiger partial charge in [0.05, 0.1) is 0 Å². The van der Waals surface area contributed by atoms with E-state index in [2.05, 4.69) is 0 Å². The van der Waals surface area contributed by atoms with Crippen LogP contribution in [0, 0.1) is 0 Å². The summed E-state index contributed by atoms with van der Waals surface area (Å²) in [7, 11) is 0. The first-order valence-corrected chi connectivity index (χ1v) is 5.63. The van der Waals surface area contributed by atoms with Crippen molar-refractivity contribution in [1.29, 1.82) is 0 Å². The summed E-state index contributed by atoms with van der Waals surface area (Å²) in [6, 6.07) is 12.6. The fourth-order valence-corrected chi connectivity index (χ4v) is 1.97. The molecule has 0 aromatic heterocycles. The third kappa shape index (κ3) is 2.49. The minimum absolute atomic E-state index is 0.174. The third-order valence-electron chi connectivity index (χ3n) is 2.38. The molecule has 0 aliphatic carbocycles. The molecule has 2 rings (SSSR count). The zero-order valence-corrected chi connectivity index (χ0v) is 9.96. The molecule has 0 aliphatic heterocycles. The lowest BCUT2D eigenvalue weighted by Crippen LogP contribution is -1.90. The van der Waals surface area contributed by atoms with Crippen molar-refractivity contribution < 1.29 is 5.11 Å². The molecule has 82 valence electrons. The van der Waals surface area contributed by atoms with Crippen LogP contribution in [0.3, 0.4) is 0 Å². The molecule has 1 N–H and O–H groups in total. The zero-order valence-electron chi connectivity index (χ0n) is 8.45. The molecule has 3 heteroatoms. The molecule has 0 fully saturated rings. The van der Waals surface area contributed by atoms with E-state index in [1.165, 1.54) is 6.07 Å². The number of benzene rings is 2. The molecule has 0 radical (unpaired) electrons. The highest BCUT2D eigenvalue weighted by Crippen LogP contribution is 2.26. The Morgan fingerprint density at radius 1 is 0.875 bits per heavy atom. The lowest BCUT2D eigenvalue weighted by atomic mass is 10.0. The van der Waals surface area contributed by atoms with Gasteiger partial charge in [0.2, 0.25) is 0 Å². The van der Waals surface area contributed by atoms with Crippen molar-refractivity contribution in [2.75, 3.05) is 0 Å². The van der Waals surface area contributed by atoms with Crippen molar-refractivity contribution in [3.63, 3.8) is 0 Å². The highest BCUT2D eigenvalue weighted by Gasteiger charge is 2.05. The topological polar surface area (TPSA) is 20.2 Å². The van der Waals surface area contributed by atoms with E-state index in [0.29, 0.717) is 11.4 Å². The minimum atomic E-state index is 0.174. The number of hydrogen-bond donors (Lipinski definition) is 1. The number of phenolic OH excluding ortho intramolecular Hbond substituents is 1. The van der Waals surface area contributed by atoms with Crippen molar-refractivity contribution in [2.24, 2.45) is 0 Å². The average Bonchev–Trinajstić information content (AvgIpc) is 2.25. The Morgan fingerprint density at radius 2 is 1.56 bits per heavy atom. The summed E-state index contributed by atoms with van der Waals surface area (Å²) in [6.45, 7) is 0. The van der Waals surface area contributed by atoms with Gasteiger partial charge in [-0.05, 0) is 29.3 Å². The molecule has 2 aromatic rings. The van der Waals surface area contributed by atoms with Crippen molar-refractivity contribution in [2.45, 2.75) is 6.42 Å². The summed E-state index contributed by atoms with van der Waals surface area (Å²) >= 11 is 12.1. The van der Waals surface area contributed by atoms with Gasteiger partial charge < -0.3 is 5.11 Å². The first-order chi connectivity index (χ1) is 7.66. The van der Waals surface area contributed by atoms with Crippen molar-refractivity contribution in [3.8, 4) is 5.75 Å². The van der Waals surface area contributed by atoms with Crippen molar-refractivity contribution in [1.82, 2.24) is 0 Å². The standard InChI is InChI=1S/C13H10Cl2O/c14-12-4-2-1-3-9(12)7-10-5-6-11(16)8-13(10)15/h1-6,8,16H,7H2. The molecule has 0 unspecified atom stereocenters. The Morgan fingerprint density at radius 3 is 2.25 bits per heavy atom. The molecular formula is C13H10Cl2O. The maximum atomic E-state index is 9.25. The average molecular weight is 253 g/mol. The maximum absolute atomic E-state index is 9.25. The van der Waals surface area contributed by atoms with Crippen LogP contribution in [0.25, 0.3) is 0 Å². The maximum Gasteiger partial charge on any atom is 0.117 e. The third-order valence-corrected chi connectivity index (χ3v) is 3.10. The fourth-order valence-electron chi connectivity index (χ4n) is 1.53. The Balaban J connectivity index is 2.31. The summed E-state index contributed by atoms with van der Waals surface area (Å²) in [6.07, 6.45) is 0.665. The van der Waals surface area contributed by atoms with Crippen molar-refractivity contribution in [3.05, 3.63) is 63.6 Å². The number of halogens is 2. The van der Waals surface area contributed by atoms with E-state index in [1.807, 2.05) is 24.3 Å². The number of rotatable bonds is 2. The lowest BCUT2D eigenvalue weighted by molar-refractivity contribution is 0.475. The summed E-state index contributed by atoms with van der Waals surface area (Å²) < 4.78 is 0. The molecular weight excluding hydrogens is 243 g/mol. The Bertz CT molecular complexity index is 509. The Labute approximate surface area is 104 Å². The molecule has 16 heavy (non-hydrogen) atoms. The largest absolute Gasteiger partial charge is 0.508 e. The molecule has 0 saturated carbocycles. The second kappa shape index (κ2) is 4.77. The predicted molar refractivity (Wildman–Crippen MR) is 67.4 cm³/mol. The molecule has 0 saturated heterocycles. The number of aromatic hydroxyl groups is 1. The first-order valence-electron chi connectivity index (χ1n) is 4.87. The first kappa shape index (κ1) is 11.3. The smallest absolute Gasteiger partial charge is 0.117 e. The van der Waals surface area contributed by atoms with Gasteiger partial charge in [0.1, 0.15) is 5.75 Å². The van der Waals surface area contributed by atoms with Gasteiger partial charge in [0.25, 0.3) is 0 Å². The molecule has 0 spiro atoms. The van der Waals surface area contributed by atoms with E-state index in [0.717, 1.165) is 16.1 Å². The fraction of sp³-hybridized carbons (Fsp3) is 0.0769. The molecule has 0 amide bonds. The van der Waals surface area contributed by atoms with Gasteiger partial charge in [-0.1, -0.05) is 47.5 Å². The summed E-state index contributed by atoms with van der Waals surface area (Å²) in [4.78, 5) is 0. The SMILES string of the molecule is Oc1ccc(Cc2ccccc2Cl)c(Cl)c1. The highest BCUT2D eigenvalue weighted by atomic mass is 35.5. The highest BCUT2D eigenvalue weighted by molar-refractivity contribution is 6.32. The van der Waals surface area contributed by atoms with Crippen LogP contribution >= 0.6 is 23.2 Å². The van der Waals surface area contributed by atoms with Gasteiger partial charge in [-0.15, -0.1) is 0 Å². The second-order valence-electron chi connectivity index (χ2n) is 3.54. The van der Waals surface area contributed by atoms with E-state index in [4.69, 9.17) is 23.2 Å². The van der Waals surface area contributed by atoms with E-state index < -0.39 is 0 Å². The van der Waals surface area contributed by atoms with E-state index in [-0.39, 0.29) is 5.75 Å². The molecule has 0 heterocycles. The van der Waals surface area contributed by atoms with Gasteiger partial charge in [-0.25, -0.2) is 0 Å². The van der Waals surface area contributed by atoms with Crippen molar-refractivity contribution >= 4 is 23.2 Å². The summed E-state index contributed by atoms with van der Waals surface area (Å²) in [5, 5.41) is 10.5.